The fourth-order valence-corrected chi connectivity index (χ4v) is 2.11. The molecule has 0 bridgehead atoms. The van der Waals surface area contributed by atoms with Crippen molar-refractivity contribution < 1.29 is 9.53 Å². The first kappa shape index (κ1) is 16.6. The van der Waals surface area contributed by atoms with Gasteiger partial charge in [0.25, 0.3) is 0 Å². The van der Waals surface area contributed by atoms with Crippen molar-refractivity contribution in [3.05, 3.63) is 0 Å². The summed E-state index contributed by atoms with van der Waals surface area (Å²) in [6.45, 7) is 3.61. The van der Waals surface area contributed by atoms with E-state index in [1.165, 1.54) is 0 Å². The topological polar surface area (TPSA) is 53.6 Å². The first-order chi connectivity index (χ1) is 7.60. The minimum absolute atomic E-state index is 0. The van der Waals surface area contributed by atoms with Gasteiger partial charge in [0.05, 0.1) is 18.2 Å². The molecule has 1 heterocycles. The van der Waals surface area contributed by atoms with Gasteiger partial charge in [0.15, 0.2) is 0 Å². The van der Waals surface area contributed by atoms with E-state index in [9.17, 15) is 4.79 Å². The van der Waals surface area contributed by atoms with Gasteiger partial charge in [-0.25, -0.2) is 0 Å². The number of hydrogen-bond acceptors (Lipinski definition) is 4. The number of rotatable bonds is 5. The van der Waals surface area contributed by atoms with Crippen LogP contribution >= 0.6 is 12.4 Å². The maximum absolute atomic E-state index is 12.0. The molecule has 6 heteroatoms. The minimum Gasteiger partial charge on any atom is -0.378 e. The Morgan fingerprint density at radius 3 is 2.65 bits per heavy atom. The molecule has 1 aliphatic heterocycles. The van der Waals surface area contributed by atoms with Gasteiger partial charge in [-0.2, -0.15) is 0 Å². The Kier molecular flexibility index (Phi) is 7.70. The molecule has 102 valence electrons. The maximum Gasteiger partial charge on any atom is 0.237 e. The summed E-state index contributed by atoms with van der Waals surface area (Å²) in [6.07, 6.45) is 0.903. The van der Waals surface area contributed by atoms with Crippen LogP contribution in [0, 0.1) is 0 Å². The Morgan fingerprint density at radius 1 is 1.53 bits per heavy atom. The van der Waals surface area contributed by atoms with Gasteiger partial charge < -0.3 is 15.4 Å². The van der Waals surface area contributed by atoms with E-state index in [1.54, 1.807) is 7.11 Å². The van der Waals surface area contributed by atoms with Crippen LogP contribution < -0.4 is 10.6 Å². The molecular weight excluding hydrogens is 242 g/mol. The van der Waals surface area contributed by atoms with E-state index in [0.717, 1.165) is 19.5 Å². The van der Waals surface area contributed by atoms with Crippen molar-refractivity contribution >= 4 is 18.3 Å². The third-order valence-electron chi connectivity index (χ3n) is 3.10. The van der Waals surface area contributed by atoms with Gasteiger partial charge in [-0.05, 0) is 20.5 Å². The monoisotopic (exact) mass is 265 g/mol. The largest absolute Gasteiger partial charge is 0.378 e. The molecule has 1 aliphatic rings. The van der Waals surface area contributed by atoms with Crippen LogP contribution in [-0.2, 0) is 9.53 Å². The number of methoxy groups -OCH3 is 1. The summed E-state index contributed by atoms with van der Waals surface area (Å²) in [5, 5.41) is 6.26. The predicted octanol–water partition coefficient (Wildman–Crippen LogP) is -0.149. The zero-order chi connectivity index (χ0) is 12.1. The molecule has 17 heavy (non-hydrogen) atoms. The Morgan fingerprint density at radius 2 is 2.18 bits per heavy atom. The Bertz CT molecular complexity index is 239. The minimum atomic E-state index is -0.0573. The smallest absolute Gasteiger partial charge is 0.237 e. The highest BCUT2D eigenvalue weighted by atomic mass is 35.5. The summed E-state index contributed by atoms with van der Waals surface area (Å²) in [4.78, 5) is 13.9. The summed E-state index contributed by atoms with van der Waals surface area (Å²) in [5.74, 6) is 0.0863. The van der Waals surface area contributed by atoms with Gasteiger partial charge >= 0.3 is 0 Å². The van der Waals surface area contributed by atoms with Gasteiger partial charge in [0.2, 0.25) is 5.91 Å². The zero-order valence-electron chi connectivity index (χ0n) is 11.0. The normalized spacial score (nSPS) is 25.5. The van der Waals surface area contributed by atoms with Crippen molar-refractivity contribution in [1.29, 1.82) is 0 Å². The first-order valence-electron chi connectivity index (χ1n) is 5.80. The van der Waals surface area contributed by atoms with Crippen LogP contribution in [0.25, 0.3) is 0 Å². The third kappa shape index (κ3) is 4.43. The van der Waals surface area contributed by atoms with Crippen molar-refractivity contribution in [2.45, 2.75) is 31.5 Å². The molecule has 0 spiro atoms. The second kappa shape index (κ2) is 7.87. The number of hydrogen-bond donors (Lipinski definition) is 2. The van der Waals surface area contributed by atoms with Crippen LogP contribution in [0.2, 0.25) is 0 Å². The molecule has 1 rings (SSSR count). The van der Waals surface area contributed by atoms with Gasteiger partial charge in [-0.3, -0.25) is 9.69 Å². The molecule has 1 fully saturated rings. The quantitative estimate of drug-likeness (QED) is 0.726. The van der Waals surface area contributed by atoms with Crippen molar-refractivity contribution in [3.63, 3.8) is 0 Å². The van der Waals surface area contributed by atoms with Crippen molar-refractivity contribution in [2.24, 2.45) is 0 Å². The maximum atomic E-state index is 12.0. The average molecular weight is 266 g/mol. The molecule has 1 amide bonds. The molecule has 0 aliphatic carbocycles. The Labute approximate surface area is 110 Å². The van der Waals surface area contributed by atoms with E-state index in [4.69, 9.17) is 4.74 Å². The number of halogens is 1. The molecule has 2 N–H and O–H groups in total. The highest BCUT2D eigenvalue weighted by Crippen LogP contribution is 2.06. The second-order valence-electron chi connectivity index (χ2n) is 4.44. The molecule has 1 saturated heterocycles. The van der Waals surface area contributed by atoms with E-state index in [0.29, 0.717) is 0 Å². The molecule has 0 aromatic carbocycles. The summed E-state index contributed by atoms with van der Waals surface area (Å²) in [5.41, 5.74) is 0. The number of likely N-dealkylation sites (N-methyl/N-ethyl adjacent to an activating group) is 1. The molecule has 3 atom stereocenters. The number of nitrogens with one attached hydrogen (secondary N) is 2. The van der Waals surface area contributed by atoms with Gasteiger partial charge in [0.1, 0.15) is 0 Å². The van der Waals surface area contributed by atoms with E-state index >= 15 is 0 Å². The molecule has 0 aromatic rings. The summed E-state index contributed by atoms with van der Waals surface area (Å²) < 4.78 is 5.31. The van der Waals surface area contributed by atoms with E-state index in [-0.39, 0.29) is 36.5 Å². The fourth-order valence-electron chi connectivity index (χ4n) is 2.11. The van der Waals surface area contributed by atoms with Crippen molar-refractivity contribution in [1.82, 2.24) is 15.5 Å². The molecule has 3 unspecified atom stereocenters. The number of amides is 1. The van der Waals surface area contributed by atoms with Gasteiger partial charge in [0, 0.05) is 20.2 Å². The number of ether oxygens (including phenoxy) is 1. The first-order valence-corrected chi connectivity index (χ1v) is 5.80. The van der Waals surface area contributed by atoms with Gasteiger partial charge in [-0.1, -0.05) is 6.92 Å². The lowest BCUT2D eigenvalue weighted by atomic mass is 10.1. The highest BCUT2D eigenvalue weighted by Gasteiger charge is 2.30. The summed E-state index contributed by atoms with van der Waals surface area (Å²) >= 11 is 0. The Hall–Kier alpha value is -0.360. The second-order valence-corrected chi connectivity index (χ2v) is 4.44. The number of nitrogens with zero attached hydrogens (tertiary/aromatic N) is 1. The van der Waals surface area contributed by atoms with Crippen LogP contribution in [0.15, 0.2) is 0 Å². The van der Waals surface area contributed by atoms with Crippen LogP contribution in [0.4, 0.5) is 0 Å². The van der Waals surface area contributed by atoms with Crippen LogP contribution in [0.1, 0.15) is 13.3 Å². The highest BCUT2D eigenvalue weighted by molar-refractivity contribution is 5.85. The summed E-state index contributed by atoms with van der Waals surface area (Å²) in [7, 11) is 5.53. The van der Waals surface area contributed by atoms with Crippen LogP contribution in [0.5, 0.6) is 0 Å². The lowest BCUT2D eigenvalue weighted by Crippen LogP contribution is -2.50. The summed E-state index contributed by atoms with van der Waals surface area (Å²) in [6, 6.07) is 0.0320. The van der Waals surface area contributed by atoms with E-state index in [2.05, 4.69) is 10.6 Å². The molecule has 0 radical (unpaired) electrons. The average Bonchev–Trinajstić information content (AvgIpc) is 2.65. The van der Waals surface area contributed by atoms with Crippen LogP contribution in [-0.4, -0.2) is 63.3 Å². The molecule has 5 nitrogen and oxygen atoms in total. The fraction of sp³-hybridized carbons (Fsp3) is 0.909. The predicted molar refractivity (Wildman–Crippen MR) is 70.6 cm³/mol. The van der Waals surface area contributed by atoms with Crippen molar-refractivity contribution in [2.75, 3.05) is 34.3 Å². The molecule has 0 aromatic heterocycles. The van der Waals surface area contributed by atoms with Crippen molar-refractivity contribution in [3.8, 4) is 0 Å². The zero-order valence-corrected chi connectivity index (χ0v) is 11.8. The SMILES string of the molecule is CCC(C(=O)NC1CNCC1OC)N(C)C.Cl. The van der Waals surface area contributed by atoms with E-state index < -0.39 is 0 Å². The standard InChI is InChI=1S/C11H23N3O2.ClH/c1-5-9(14(2)3)11(15)13-8-6-12-7-10(8)16-4;/h8-10,12H,5-7H2,1-4H3,(H,13,15);1H. The number of carbonyl (C=O) groups excluding carboxylic acids is 1. The lowest BCUT2D eigenvalue weighted by molar-refractivity contribution is -0.127. The van der Waals surface area contributed by atoms with Gasteiger partial charge in [-0.15, -0.1) is 12.4 Å². The molecule has 0 saturated carbocycles. The molecular formula is C11H24ClN3O2. The third-order valence-corrected chi connectivity index (χ3v) is 3.10. The van der Waals surface area contributed by atoms with Crippen LogP contribution in [0.3, 0.4) is 0 Å². The lowest BCUT2D eigenvalue weighted by Gasteiger charge is -2.25. The van der Waals surface area contributed by atoms with E-state index in [1.807, 2.05) is 25.9 Å². The number of carbonyl (C=O) groups is 1. The Balaban J connectivity index is 0.00000256.